The summed E-state index contributed by atoms with van der Waals surface area (Å²) < 4.78 is 15.4. The lowest BCUT2D eigenvalue weighted by Gasteiger charge is -2.10. The van der Waals surface area contributed by atoms with E-state index < -0.39 is 5.97 Å². The maximum absolute atomic E-state index is 12.2. The third-order valence-corrected chi connectivity index (χ3v) is 3.27. The second-order valence-corrected chi connectivity index (χ2v) is 4.83. The number of carbonyl (C=O) groups excluding carboxylic acids is 1. The number of benzene rings is 2. The molecule has 0 saturated carbocycles. The van der Waals surface area contributed by atoms with Gasteiger partial charge in [-0.15, -0.1) is 0 Å². The van der Waals surface area contributed by atoms with E-state index in [4.69, 9.17) is 37.4 Å². The van der Waals surface area contributed by atoms with Crippen LogP contribution in [0.3, 0.4) is 0 Å². The molecular formula is C15H12Cl2O4. The number of carbonyl (C=O) groups is 1. The van der Waals surface area contributed by atoms with Gasteiger partial charge in [0.2, 0.25) is 0 Å². The molecule has 21 heavy (non-hydrogen) atoms. The van der Waals surface area contributed by atoms with Crippen molar-refractivity contribution in [1.82, 2.24) is 0 Å². The Labute approximate surface area is 132 Å². The Morgan fingerprint density at radius 2 is 1.52 bits per heavy atom. The molecule has 0 saturated heterocycles. The predicted molar refractivity (Wildman–Crippen MR) is 81.0 cm³/mol. The van der Waals surface area contributed by atoms with Crippen LogP contribution in [0.4, 0.5) is 0 Å². The third-order valence-electron chi connectivity index (χ3n) is 2.71. The monoisotopic (exact) mass is 326 g/mol. The first-order valence-corrected chi connectivity index (χ1v) is 6.70. The molecule has 0 radical (unpaired) electrons. The molecule has 110 valence electrons. The van der Waals surface area contributed by atoms with E-state index in [0.29, 0.717) is 17.2 Å². The minimum atomic E-state index is -0.592. The summed E-state index contributed by atoms with van der Waals surface area (Å²) in [5.41, 5.74) is 0.219. The molecule has 0 aromatic heterocycles. The Hall–Kier alpha value is -1.91. The van der Waals surface area contributed by atoms with Gasteiger partial charge in [-0.3, -0.25) is 0 Å². The number of hydrogen-bond donors (Lipinski definition) is 0. The van der Waals surface area contributed by atoms with Crippen LogP contribution < -0.4 is 14.2 Å². The number of ether oxygens (including phenoxy) is 3. The first kappa shape index (κ1) is 15.5. The number of para-hydroxylation sites is 2. The van der Waals surface area contributed by atoms with Gasteiger partial charge in [-0.05, 0) is 24.3 Å². The molecule has 0 amide bonds. The average Bonchev–Trinajstić information content (AvgIpc) is 2.47. The highest BCUT2D eigenvalue weighted by atomic mass is 35.5. The number of rotatable bonds is 4. The Morgan fingerprint density at radius 1 is 0.952 bits per heavy atom. The lowest BCUT2D eigenvalue weighted by Crippen LogP contribution is -2.09. The van der Waals surface area contributed by atoms with Gasteiger partial charge < -0.3 is 14.2 Å². The van der Waals surface area contributed by atoms with Crippen LogP contribution in [0.1, 0.15) is 10.4 Å². The van der Waals surface area contributed by atoms with Crippen molar-refractivity contribution in [3.05, 3.63) is 52.0 Å². The molecule has 2 rings (SSSR count). The van der Waals surface area contributed by atoms with Crippen molar-refractivity contribution in [1.29, 1.82) is 0 Å². The van der Waals surface area contributed by atoms with E-state index in [1.165, 1.54) is 26.4 Å². The van der Waals surface area contributed by atoms with E-state index in [2.05, 4.69) is 0 Å². The van der Waals surface area contributed by atoms with Crippen molar-refractivity contribution in [2.24, 2.45) is 0 Å². The Kier molecular flexibility index (Phi) is 4.94. The largest absolute Gasteiger partial charge is 0.494 e. The van der Waals surface area contributed by atoms with Crippen molar-refractivity contribution in [3.63, 3.8) is 0 Å². The fourth-order valence-electron chi connectivity index (χ4n) is 1.73. The summed E-state index contributed by atoms with van der Waals surface area (Å²) in [4.78, 5) is 12.2. The van der Waals surface area contributed by atoms with Gasteiger partial charge in [-0.2, -0.15) is 0 Å². The number of halogens is 2. The standard InChI is InChI=1S/C15H12Cl2O4/c1-19-12-5-3-4-6-13(12)21-15(18)9-7-10(16)14(20-2)11(17)8-9/h3-8H,1-2H3. The van der Waals surface area contributed by atoms with Crippen LogP contribution in [0.5, 0.6) is 17.2 Å². The molecule has 0 fully saturated rings. The third kappa shape index (κ3) is 3.40. The number of methoxy groups -OCH3 is 2. The summed E-state index contributed by atoms with van der Waals surface area (Å²) in [6, 6.07) is 9.70. The van der Waals surface area contributed by atoms with Crippen molar-refractivity contribution in [2.75, 3.05) is 14.2 Å². The summed E-state index contributed by atoms with van der Waals surface area (Å²) in [5, 5.41) is 0.467. The first-order chi connectivity index (χ1) is 10.1. The van der Waals surface area contributed by atoms with Gasteiger partial charge >= 0.3 is 5.97 Å². The fourth-order valence-corrected chi connectivity index (χ4v) is 2.38. The van der Waals surface area contributed by atoms with Gasteiger partial charge in [0.1, 0.15) is 0 Å². The SMILES string of the molecule is COc1ccccc1OC(=O)c1cc(Cl)c(OC)c(Cl)c1. The van der Waals surface area contributed by atoms with E-state index in [1.54, 1.807) is 24.3 Å². The maximum atomic E-state index is 12.2. The average molecular weight is 327 g/mol. The Morgan fingerprint density at radius 3 is 2.05 bits per heavy atom. The predicted octanol–water partition coefficient (Wildman–Crippen LogP) is 4.23. The van der Waals surface area contributed by atoms with Crippen LogP contribution >= 0.6 is 23.2 Å². The van der Waals surface area contributed by atoms with Crippen LogP contribution in [0.2, 0.25) is 10.0 Å². The molecule has 0 aliphatic rings. The van der Waals surface area contributed by atoms with Gasteiger partial charge in [0, 0.05) is 0 Å². The van der Waals surface area contributed by atoms with Gasteiger partial charge in [-0.1, -0.05) is 35.3 Å². The lowest BCUT2D eigenvalue weighted by molar-refractivity contribution is 0.0729. The highest BCUT2D eigenvalue weighted by molar-refractivity contribution is 6.37. The summed E-state index contributed by atoms with van der Waals surface area (Å²) in [6.45, 7) is 0. The molecule has 0 spiro atoms. The second-order valence-electron chi connectivity index (χ2n) is 4.01. The van der Waals surface area contributed by atoms with E-state index in [0.717, 1.165) is 0 Å². The molecule has 0 aliphatic heterocycles. The minimum absolute atomic E-state index is 0.219. The molecular weight excluding hydrogens is 315 g/mol. The van der Waals surface area contributed by atoms with Gasteiger partial charge in [0.05, 0.1) is 29.8 Å². The van der Waals surface area contributed by atoms with Crippen molar-refractivity contribution >= 4 is 29.2 Å². The summed E-state index contributed by atoms with van der Waals surface area (Å²) in [7, 11) is 2.94. The molecule has 0 unspecified atom stereocenters. The summed E-state index contributed by atoms with van der Waals surface area (Å²) in [5.74, 6) is 0.489. The van der Waals surface area contributed by atoms with Crippen LogP contribution in [0.15, 0.2) is 36.4 Å². The van der Waals surface area contributed by atoms with Crippen LogP contribution in [0.25, 0.3) is 0 Å². The van der Waals surface area contributed by atoms with Crippen molar-refractivity contribution in [3.8, 4) is 17.2 Å². The van der Waals surface area contributed by atoms with Gasteiger partial charge in [0.25, 0.3) is 0 Å². The summed E-state index contributed by atoms with van der Waals surface area (Å²) in [6.07, 6.45) is 0. The number of esters is 1. The maximum Gasteiger partial charge on any atom is 0.343 e. The lowest BCUT2D eigenvalue weighted by atomic mass is 10.2. The van der Waals surface area contributed by atoms with Crippen LogP contribution in [0, 0.1) is 0 Å². The van der Waals surface area contributed by atoms with Crippen molar-refractivity contribution in [2.45, 2.75) is 0 Å². The molecule has 0 heterocycles. The molecule has 0 bridgehead atoms. The highest BCUT2D eigenvalue weighted by Gasteiger charge is 2.16. The normalized spacial score (nSPS) is 10.1. The molecule has 6 heteroatoms. The Bertz CT molecular complexity index is 647. The minimum Gasteiger partial charge on any atom is -0.494 e. The quantitative estimate of drug-likeness (QED) is 0.623. The topological polar surface area (TPSA) is 44.8 Å². The van der Waals surface area contributed by atoms with Crippen molar-refractivity contribution < 1.29 is 19.0 Å². The fraction of sp³-hybridized carbons (Fsp3) is 0.133. The molecule has 0 N–H and O–H groups in total. The molecule has 2 aromatic carbocycles. The molecule has 0 atom stereocenters. The zero-order chi connectivity index (χ0) is 15.4. The summed E-state index contributed by atoms with van der Waals surface area (Å²) >= 11 is 12.0. The van der Waals surface area contributed by atoms with Crippen LogP contribution in [-0.2, 0) is 0 Å². The zero-order valence-corrected chi connectivity index (χ0v) is 12.9. The van der Waals surface area contributed by atoms with Crippen LogP contribution in [-0.4, -0.2) is 20.2 Å². The highest BCUT2D eigenvalue weighted by Crippen LogP contribution is 2.34. The Balaban J connectivity index is 2.29. The number of hydrogen-bond acceptors (Lipinski definition) is 4. The molecule has 4 nitrogen and oxygen atoms in total. The second kappa shape index (κ2) is 6.70. The first-order valence-electron chi connectivity index (χ1n) is 5.95. The van der Waals surface area contributed by atoms with Gasteiger partial charge in [-0.25, -0.2) is 4.79 Å². The smallest absolute Gasteiger partial charge is 0.343 e. The molecule has 2 aromatic rings. The zero-order valence-electron chi connectivity index (χ0n) is 11.4. The van der Waals surface area contributed by atoms with E-state index in [-0.39, 0.29) is 15.6 Å². The van der Waals surface area contributed by atoms with E-state index in [9.17, 15) is 4.79 Å². The van der Waals surface area contributed by atoms with E-state index in [1.807, 2.05) is 0 Å². The molecule has 0 aliphatic carbocycles. The van der Waals surface area contributed by atoms with E-state index >= 15 is 0 Å². The van der Waals surface area contributed by atoms with Gasteiger partial charge in [0.15, 0.2) is 17.2 Å².